The molecule has 1 heterocycles. The average molecular weight is 651 g/mol. The van der Waals surface area contributed by atoms with Gasteiger partial charge in [-0.3, -0.25) is 4.98 Å². The summed E-state index contributed by atoms with van der Waals surface area (Å²) in [6, 6.07) is 23.4. The number of fused-ring (bicyclic) bond motifs is 2. The minimum absolute atomic E-state index is 0. The number of aliphatic hydroxyl groups excluding tert-OH is 2. The molecule has 0 amide bonds. The van der Waals surface area contributed by atoms with E-state index in [-0.39, 0.29) is 49.1 Å². The maximum absolute atomic E-state index is 10.7. The Bertz CT molecular complexity index is 1050. The number of aliphatic hydroxyl groups is 2. The molecule has 3 aromatic rings. The number of aromatic nitrogens is 1. The van der Waals surface area contributed by atoms with Gasteiger partial charge >= 0.3 is 0 Å². The first-order chi connectivity index (χ1) is 16.4. The summed E-state index contributed by atoms with van der Waals surface area (Å²) >= 11 is 0. The van der Waals surface area contributed by atoms with Crippen LogP contribution in [0.4, 0.5) is 0 Å². The van der Waals surface area contributed by atoms with E-state index in [2.05, 4.69) is 50.9 Å². The standard InChI is InChI=1S/C16H30O2.C15H10N.Ir/c1-5-15(6-2)9-11-10-16(7-3,8-4)14(18)12(11)13(15)17;1-2-6-12(7-3-1)15-11-10-13-8-4-5-9-14(13)16-15;/h11-14,17-18H,5-10H2,1-4H3;1-6,8-11H;/q;-1;. The number of hydrogen-bond donors (Lipinski definition) is 2. The summed E-state index contributed by atoms with van der Waals surface area (Å²) in [5, 5.41) is 22.7. The van der Waals surface area contributed by atoms with Crippen LogP contribution in [0, 0.1) is 28.7 Å². The maximum Gasteiger partial charge on any atom is 0.0651 e. The van der Waals surface area contributed by atoms with Crippen molar-refractivity contribution >= 4 is 10.9 Å². The van der Waals surface area contributed by atoms with Crippen LogP contribution in [-0.2, 0) is 20.1 Å². The molecule has 191 valence electrons. The van der Waals surface area contributed by atoms with E-state index in [4.69, 9.17) is 0 Å². The number of rotatable bonds is 5. The quantitative estimate of drug-likeness (QED) is 0.291. The van der Waals surface area contributed by atoms with E-state index in [9.17, 15) is 10.2 Å². The molecule has 2 N–H and O–H groups in total. The van der Waals surface area contributed by atoms with E-state index in [1.807, 2.05) is 48.5 Å². The van der Waals surface area contributed by atoms with E-state index >= 15 is 0 Å². The first kappa shape index (κ1) is 28.0. The molecule has 2 aromatic carbocycles. The normalized spacial score (nSPS) is 25.9. The number of pyridine rings is 1. The van der Waals surface area contributed by atoms with Crippen LogP contribution >= 0.6 is 0 Å². The van der Waals surface area contributed by atoms with E-state index in [1.165, 1.54) is 5.39 Å². The van der Waals surface area contributed by atoms with Crippen LogP contribution in [0.15, 0.2) is 60.7 Å². The molecule has 2 unspecified atom stereocenters. The molecular formula is C31H40IrNO2-. The van der Waals surface area contributed by atoms with Crippen molar-refractivity contribution in [1.29, 1.82) is 0 Å². The molecule has 2 aliphatic carbocycles. The Kier molecular flexibility index (Phi) is 9.32. The first-order valence-corrected chi connectivity index (χ1v) is 13.1. The zero-order valence-corrected chi connectivity index (χ0v) is 23.9. The van der Waals surface area contributed by atoms with Crippen molar-refractivity contribution in [3.63, 3.8) is 0 Å². The van der Waals surface area contributed by atoms with Crippen LogP contribution in [0.5, 0.6) is 0 Å². The molecular weight excluding hydrogens is 611 g/mol. The van der Waals surface area contributed by atoms with Gasteiger partial charge < -0.3 is 10.2 Å². The molecule has 0 bridgehead atoms. The van der Waals surface area contributed by atoms with Gasteiger partial charge in [-0.15, -0.1) is 35.9 Å². The minimum Gasteiger partial charge on any atom is -0.392 e. The van der Waals surface area contributed by atoms with Crippen molar-refractivity contribution in [2.45, 2.75) is 78.4 Å². The Hall–Kier alpha value is -1.58. The van der Waals surface area contributed by atoms with Crippen LogP contribution in [0.3, 0.4) is 0 Å². The number of benzene rings is 2. The molecule has 2 fully saturated rings. The van der Waals surface area contributed by atoms with Gasteiger partial charge in [0.15, 0.2) is 0 Å². The molecule has 3 nitrogen and oxygen atoms in total. The van der Waals surface area contributed by atoms with Crippen LogP contribution in [-0.4, -0.2) is 27.4 Å². The molecule has 0 spiro atoms. The molecule has 1 radical (unpaired) electrons. The van der Waals surface area contributed by atoms with E-state index in [1.54, 1.807) is 0 Å². The average Bonchev–Trinajstić information content (AvgIpc) is 3.34. The summed E-state index contributed by atoms with van der Waals surface area (Å²) in [6.07, 6.45) is 5.78. The summed E-state index contributed by atoms with van der Waals surface area (Å²) in [7, 11) is 0. The largest absolute Gasteiger partial charge is 0.392 e. The van der Waals surface area contributed by atoms with Crippen LogP contribution < -0.4 is 0 Å². The topological polar surface area (TPSA) is 53.4 Å². The predicted octanol–water partition coefficient (Wildman–Crippen LogP) is 7.06. The zero-order valence-electron chi connectivity index (χ0n) is 21.5. The Morgan fingerprint density at radius 1 is 0.800 bits per heavy atom. The summed E-state index contributed by atoms with van der Waals surface area (Å²) in [6.45, 7) is 8.75. The van der Waals surface area contributed by atoms with Crippen LogP contribution in [0.2, 0.25) is 0 Å². The van der Waals surface area contributed by atoms with Crippen molar-refractivity contribution in [2.75, 3.05) is 0 Å². The molecule has 0 aliphatic heterocycles. The summed E-state index contributed by atoms with van der Waals surface area (Å²) in [4.78, 5) is 4.61. The summed E-state index contributed by atoms with van der Waals surface area (Å²) < 4.78 is 0. The van der Waals surface area contributed by atoms with Crippen molar-refractivity contribution in [3.05, 3.63) is 66.7 Å². The third-order valence-electron chi connectivity index (χ3n) is 9.27. The second-order valence-electron chi connectivity index (χ2n) is 10.4. The van der Waals surface area contributed by atoms with Crippen molar-refractivity contribution in [3.8, 4) is 11.3 Å². The molecule has 5 rings (SSSR count). The first-order valence-electron chi connectivity index (χ1n) is 13.1. The van der Waals surface area contributed by atoms with Gasteiger partial charge in [0, 0.05) is 26.0 Å². The zero-order chi connectivity index (χ0) is 24.3. The van der Waals surface area contributed by atoms with Gasteiger partial charge in [-0.2, -0.15) is 0 Å². The van der Waals surface area contributed by atoms with Crippen molar-refractivity contribution < 1.29 is 30.3 Å². The molecule has 1 aromatic heterocycles. The van der Waals surface area contributed by atoms with Gasteiger partial charge in [0.25, 0.3) is 0 Å². The third kappa shape index (κ3) is 5.14. The molecule has 2 aliphatic rings. The minimum atomic E-state index is -0.299. The number of hydrogen-bond acceptors (Lipinski definition) is 3. The van der Waals surface area contributed by atoms with Gasteiger partial charge in [0.2, 0.25) is 0 Å². The van der Waals surface area contributed by atoms with Crippen LogP contribution in [0.25, 0.3) is 22.2 Å². The molecule has 2 atom stereocenters. The second kappa shape index (κ2) is 11.6. The predicted molar refractivity (Wildman–Crippen MR) is 140 cm³/mol. The Morgan fingerprint density at radius 3 is 1.89 bits per heavy atom. The van der Waals surface area contributed by atoms with Crippen molar-refractivity contribution in [2.24, 2.45) is 22.7 Å². The fraction of sp³-hybridized carbons (Fsp3) is 0.516. The third-order valence-corrected chi connectivity index (χ3v) is 9.27. The molecule has 0 saturated heterocycles. The van der Waals surface area contributed by atoms with Crippen LogP contribution in [0.1, 0.15) is 66.2 Å². The monoisotopic (exact) mass is 651 g/mol. The molecule has 35 heavy (non-hydrogen) atoms. The van der Waals surface area contributed by atoms with Gasteiger partial charge in [0.05, 0.1) is 17.7 Å². The molecule has 2 saturated carbocycles. The summed E-state index contributed by atoms with van der Waals surface area (Å²) in [5.74, 6) is 0.666. The van der Waals surface area contributed by atoms with Gasteiger partial charge in [0.1, 0.15) is 0 Å². The number of para-hydroxylation sites is 1. The Balaban J connectivity index is 0.000000191. The van der Waals surface area contributed by atoms with E-state index < -0.39 is 0 Å². The smallest absolute Gasteiger partial charge is 0.0651 e. The van der Waals surface area contributed by atoms with Gasteiger partial charge in [-0.25, -0.2) is 0 Å². The van der Waals surface area contributed by atoms with E-state index in [0.717, 1.165) is 55.3 Å². The van der Waals surface area contributed by atoms with Gasteiger partial charge in [-0.1, -0.05) is 58.0 Å². The fourth-order valence-corrected chi connectivity index (χ4v) is 6.82. The number of nitrogens with zero attached hydrogens (tertiary/aromatic N) is 1. The fourth-order valence-electron chi connectivity index (χ4n) is 6.82. The van der Waals surface area contributed by atoms with E-state index in [0.29, 0.717) is 5.92 Å². The Morgan fingerprint density at radius 2 is 1.37 bits per heavy atom. The SMILES string of the molecule is CCC1(CC)CC2CC(CC)(CC)C(O)C2C1O.[Ir].[c-]1ccccc1-c1ccc2ccccc2n1. The second-order valence-corrected chi connectivity index (χ2v) is 10.4. The Labute approximate surface area is 224 Å². The maximum atomic E-state index is 10.7. The van der Waals surface area contributed by atoms with Crippen molar-refractivity contribution in [1.82, 2.24) is 4.98 Å². The summed E-state index contributed by atoms with van der Waals surface area (Å²) in [5.41, 5.74) is 3.18. The molecule has 4 heteroatoms. The van der Waals surface area contributed by atoms with Gasteiger partial charge in [-0.05, 0) is 72.4 Å².